The molecule has 30 heavy (non-hydrogen) atoms. The zero-order valence-electron chi connectivity index (χ0n) is 17.6. The van der Waals surface area contributed by atoms with Gasteiger partial charge in [0.05, 0.1) is 10.5 Å². The van der Waals surface area contributed by atoms with E-state index in [-0.39, 0.29) is 22.5 Å². The van der Waals surface area contributed by atoms with Gasteiger partial charge in [-0.1, -0.05) is 47.6 Å². The molecule has 162 valence electrons. The van der Waals surface area contributed by atoms with Crippen molar-refractivity contribution in [2.75, 3.05) is 0 Å². The second-order valence-electron chi connectivity index (χ2n) is 9.05. The van der Waals surface area contributed by atoms with E-state index in [1.807, 2.05) is 47.6 Å². The maximum absolute atomic E-state index is 12.9. The molecule has 0 spiro atoms. The summed E-state index contributed by atoms with van der Waals surface area (Å²) < 4.78 is 38.6. The maximum atomic E-state index is 12.9. The van der Waals surface area contributed by atoms with Crippen molar-refractivity contribution in [3.8, 4) is 5.75 Å². The highest BCUT2D eigenvalue weighted by Crippen LogP contribution is 2.43. The number of alkyl halides is 3. The molecule has 0 saturated heterocycles. The molecule has 9 heteroatoms. The highest BCUT2D eigenvalue weighted by Gasteiger charge is 2.33. The summed E-state index contributed by atoms with van der Waals surface area (Å²) in [5.41, 5.74) is -1.45. The zero-order valence-corrected chi connectivity index (χ0v) is 17.6. The Balaban J connectivity index is 2.63. The van der Waals surface area contributed by atoms with Crippen LogP contribution in [0.25, 0.3) is 0 Å². The second kappa shape index (κ2) is 7.70. The molecule has 0 amide bonds. The summed E-state index contributed by atoms with van der Waals surface area (Å²) >= 11 is 0. The van der Waals surface area contributed by atoms with Crippen molar-refractivity contribution in [2.24, 2.45) is 10.2 Å². The van der Waals surface area contributed by atoms with Gasteiger partial charge in [-0.15, -0.1) is 10.2 Å². The first-order chi connectivity index (χ1) is 13.5. The van der Waals surface area contributed by atoms with Gasteiger partial charge in [0.2, 0.25) is 0 Å². The van der Waals surface area contributed by atoms with E-state index in [4.69, 9.17) is 0 Å². The summed E-state index contributed by atoms with van der Waals surface area (Å²) in [4.78, 5) is 10.3. The number of nitro benzene ring substituents is 1. The van der Waals surface area contributed by atoms with Crippen LogP contribution in [0.3, 0.4) is 0 Å². The lowest BCUT2D eigenvalue weighted by atomic mass is 9.80. The van der Waals surface area contributed by atoms with Crippen LogP contribution in [0.15, 0.2) is 40.6 Å². The summed E-state index contributed by atoms with van der Waals surface area (Å²) in [6.07, 6.45) is -4.72. The van der Waals surface area contributed by atoms with Crippen LogP contribution in [0, 0.1) is 10.1 Å². The van der Waals surface area contributed by atoms with E-state index in [2.05, 4.69) is 10.2 Å². The number of rotatable bonds is 3. The molecule has 0 heterocycles. The van der Waals surface area contributed by atoms with E-state index < -0.39 is 27.8 Å². The van der Waals surface area contributed by atoms with Gasteiger partial charge in [-0.3, -0.25) is 10.1 Å². The predicted molar refractivity (Wildman–Crippen MR) is 108 cm³/mol. The van der Waals surface area contributed by atoms with E-state index in [1.165, 1.54) is 0 Å². The van der Waals surface area contributed by atoms with E-state index in [1.54, 1.807) is 6.07 Å². The van der Waals surface area contributed by atoms with Crippen molar-refractivity contribution in [2.45, 2.75) is 58.5 Å². The first-order valence-electron chi connectivity index (χ1n) is 9.17. The zero-order chi connectivity index (χ0) is 23.1. The lowest BCUT2D eigenvalue weighted by Gasteiger charge is -2.26. The van der Waals surface area contributed by atoms with Crippen molar-refractivity contribution in [3.05, 3.63) is 57.1 Å². The topological polar surface area (TPSA) is 88.1 Å². The molecule has 0 saturated carbocycles. The third-order valence-electron chi connectivity index (χ3n) is 4.53. The van der Waals surface area contributed by atoms with Crippen molar-refractivity contribution in [1.82, 2.24) is 0 Å². The molecule has 6 nitrogen and oxygen atoms in total. The van der Waals surface area contributed by atoms with Crippen LogP contribution in [-0.4, -0.2) is 10.0 Å². The van der Waals surface area contributed by atoms with Crippen LogP contribution >= 0.6 is 0 Å². The molecule has 2 rings (SSSR count). The average molecular weight is 423 g/mol. The van der Waals surface area contributed by atoms with Crippen LogP contribution in [0.2, 0.25) is 0 Å². The Morgan fingerprint density at radius 3 is 1.90 bits per heavy atom. The molecule has 0 bridgehead atoms. The number of hydrogen-bond acceptors (Lipinski definition) is 5. The molecular weight excluding hydrogens is 399 g/mol. The Hall–Kier alpha value is -2.97. The number of phenols is 1. The normalized spacial score (nSPS) is 13.1. The van der Waals surface area contributed by atoms with Crippen molar-refractivity contribution < 1.29 is 23.2 Å². The Labute approximate surface area is 172 Å². The fourth-order valence-corrected chi connectivity index (χ4v) is 2.74. The molecule has 0 aliphatic heterocycles. The molecule has 0 atom stereocenters. The molecule has 0 aliphatic carbocycles. The van der Waals surface area contributed by atoms with E-state index in [0.717, 1.165) is 11.6 Å². The predicted octanol–water partition coefficient (Wildman–Crippen LogP) is 7.33. The summed E-state index contributed by atoms with van der Waals surface area (Å²) in [5, 5.41) is 29.7. The second-order valence-corrected chi connectivity index (χ2v) is 9.05. The molecule has 2 aromatic carbocycles. The van der Waals surface area contributed by atoms with Gasteiger partial charge in [0.15, 0.2) is 5.69 Å². The minimum absolute atomic E-state index is 0.0848. The molecule has 1 N–H and O–H groups in total. The van der Waals surface area contributed by atoms with Gasteiger partial charge in [-0.2, -0.15) is 13.2 Å². The van der Waals surface area contributed by atoms with E-state index >= 15 is 0 Å². The lowest BCUT2D eigenvalue weighted by Crippen LogP contribution is -2.16. The molecule has 0 aromatic heterocycles. The third kappa shape index (κ3) is 5.14. The number of nitrogens with zero attached hydrogens (tertiary/aromatic N) is 3. The van der Waals surface area contributed by atoms with E-state index in [9.17, 15) is 28.4 Å². The van der Waals surface area contributed by atoms with Crippen molar-refractivity contribution in [1.29, 1.82) is 0 Å². The fourth-order valence-electron chi connectivity index (χ4n) is 2.74. The first-order valence-corrected chi connectivity index (χ1v) is 9.17. The number of nitro groups is 1. The molecular formula is C21H24F3N3O3. The van der Waals surface area contributed by atoms with Gasteiger partial charge in [-0.25, -0.2) is 0 Å². The molecule has 2 aromatic rings. The molecule has 0 radical (unpaired) electrons. The fraction of sp³-hybridized carbons (Fsp3) is 0.429. The lowest BCUT2D eigenvalue weighted by molar-refractivity contribution is -0.384. The van der Waals surface area contributed by atoms with Crippen LogP contribution in [-0.2, 0) is 17.0 Å². The number of aromatic hydroxyl groups is 1. The monoisotopic (exact) mass is 423 g/mol. The van der Waals surface area contributed by atoms with Gasteiger partial charge in [-0.05, 0) is 34.6 Å². The number of phenolic OH excluding ortho intramolecular Hbond substituents is 1. The van der Waals surface area contributed by atoms with Gasteiger partial charge >= 0.3 is 6.18 Å². The van der Waals surface area contributed by atoms with Crippen LogP contribution in [0.5, 0.6) is 5.75 Å². The number of hydrogen-bond donors (Lipinski definition) is 1. The van der Waals surface area contributed by atoms with E-state index in [0.29, 0.717) is 17.7 Å². The average Bonchev–Trinajstić information content (AvgIpc) is 2.57. The van der Waals surface area contributed by atoms with Crippen molar-refractivity contribution >= 4 is 17.1 Å². The van der Waals surface area contributed by atoms with Crippen molar-refractivity contribution in [3.63, 3.8) is 0 Å². The highest BCUT2D eigenvalue weighted by atomic mass is 19.4. The minimum Gasteiger partial charge on any atom is -0.505 e. The Morgan fingerprint density at radius 2 is 1.43 bits per heavy atom. The number of benzene rings is 2. The van der Waals surface area contributed by atoms with Gasteiger partial charge in [0.25, 0.3) is 5.69 Å². The van der Waals surface area contributed by atoms with Gasteiger partial charge < -0.3 is 5.11 Å². The number of azo groups is 1. The highest BCUT2D eigenvalue weighted by molar-refractivity contribution is 5.62. The summed E-state index contributed by atoms with van der Waals surface area (Å²) in [6, 6.07) is 5.49. The Kier molecular flexibility index (Phi) is 5.98. The standard InChI is InChI=1S/C21H24F3N3O3/c1-19(2,3)13-9-14(20(4,5)6)18(28)16(10-13)26-25-15-8-7-12(21(22,23)24)11-17(15)27(29)30/h7-11,28H,1-6H3/b26-25+. The van der Waals surface area contributed by atoms with Crippen LogP contribution in [0.1, 0.15) is 58.2 Å². The molecule has 0 unspecified atom stereocenters. The minimum atomic E-state index is -4.72. The first kappa shape index (κ1) is 23.3. The molecule has 0 fully saturated rings. The smallest absolute Gasteiger partial charge is 0.416 e. The third-order valence-corrected chi connectivity index (χ3v) is 4.53. The van der Waals surface area contributed by atoms with Crippen LogP contribution in [0.4, 0.5) is 30.2 Å². The largest absolute Gasteiger partial charge is 0.505 e. The van der Waals surface area contributed by atoms with Gasteiger partial charge in [0.1, 0.15) is 11.4 Å². The summed E-state index contributed by atoms with van der Waals surface area (Å²) in [7, 11) is 0. The Bertz CT molecular complexity index is 1000. The van der Waals surface area contributed by atoms with Crippen LogP contribution < -0.4 is 0 Å². The van der Waals surface area contributed by atoms with Gasteiger partial charge in [0, 0.05) is 11.6 Å². The maximum Gasteiger partial charge on any atom is 0.416 e. The summed E-state index contributed by atoms with van der Waals surface area (Å²) in [6.45, 7) is 11.7. The summed E-state index contributed by atoms with van der Waals surface area (Å²) in [5.74, 6) is -0.131. The quantitative estimate of drug-likeness (QED) is 0.318. The SMILES string of the molecule is CC(C)(C)c1cc(/N=N/c2ccc(C(F)(F)F)cc2[N+](=O)[O-])c(O)c(C(C)(C)C)c1. The Morgan fingerprint density at radius 1 is 0.867 bits per heavy atom. The number of halogens is 3. The molecule has 0 aliphatic rings.